The topological polar surface area (TPSA) is 55.8 Å². The summed E-state index contributed by atoms with van der Waals surface area (Å²) in [6, 6.07) is 16.5. The van der Waals surface area contributed by atoms with Gasteiger partial charge < -0.3 is 14.6 Å². The molecule has 2 unspecified atom stereocenters. The van der Waals surface area contributed by atoms with Gasteiger partial charge in [0.05, 0.1) is 26.2 Å². The number of hydrogen-bond donors (Lipinski definition) is 1. The molecular weight excluding hydrogens is 304 g/mol. The second kappa shape index (κ2) is 8.31. The number of ether oxygens (including phenoxy) is 2. The first-order chi connectivity index (χ1) is 11.6. The van der Waals surface area contributed by atoms with Gasteiger partial charge in [-0.25, -0.2) is 0 Å². The fraction of sp³-hybridized carbons (Fsp3) is 0.250. The first-order valence-corrected chi connectivity index (χ1v) is 7.69. The summed E-state index contributed by atoms with van der Waals surface area (Å²) in [6.45, 7) is 3.84. The van der Waals surface area contributed by atoms with Gasteiger partial charge in [-0.3, -0.25) is 4.79 Å². The lowest BCUT2D eigenvalue weighted by Gasteiger charge is -2.27. The van der Waals surface area contributed by atoms with Gasteiger partial charge in [0, 0.05) is 5.92 Å². The predicted octanol–water partition coefficient (Wildman–Crippen LogP) is 3.49. The van der Waals surface area contributed by atoms with Crippen molar-refractivity contribution in [2.24, 2.45) is 5.92 Å². The van der Waals surface area contributed by atoms with Crippen molar-refractivity contribution in [3.63, 3.8) is 0 Å². The minimum absolute atomic E-state index is 0.365. The molecule has 2 rings (SSSR count). The monoisotopic (exact) mass is 326 g/mol. The first kappa shape index (κ1) is 17.8. The molecule has 24 heavy (non-hydrogen) atoms. The molecular formula is C20H22O4. The van der Waals surface area contributed by atoms with E-state index >= 15 is 0 Å². The van der Waals surface area contributed by atoms with E-state index in [0.717, 1.165) is 5.56 Å². The van der Waals surface area contributed by atoms with Crippen molar-refractivity contribution in [2.45, 2.75) is 12.0 Å². The van der Waals surface area contributed by atoms with E-state index in [1.807, 2.05) is 30.3 Å². The van der Waals surface area contributed by atoms with E-state index in [4.69, 9.17) is 9.47 Å². The SMILES string of the molecule is C=CC(c1ccccc1)C(C(=O)OC)[C@H](O)c1ccc(OC)cc1. The van der Waals surface area contributed by atoms with Gasteiger partial charge in [0.1, 0.15) is 5.75 Å². The second-order valence-electron chi connectivity index (χ2n) is 5.44. The molecule has 0 heterocycles. The first-order valence-electron chi connectivity index (χ1n) is 7.69. The Morgan fingerprint density at radius 1 is 1.04 bits per heavy atom. The third kappa shape index (κ3) is 3.84. The van der Waals surface area contributed by atoms with Gasteiger partial charge in [-0.15, -0.1) is 6.58 Å². The summed E-state index contributed by atoms with van der Waals surface area (Å²) in [4.78, 5) is 12.4. The third-order valence-electron chi connectivity index (χ3n) is 4.10. The van der Waals surface area contributed by atoms with Crippen molar-refractivity contribution in [1.29, 1.82) is 0 Å². The Balaban J connectivity index is 2.39. The zero-order chi connectivity index (χ0) is 17.5. The fourth-order valence-corrected chi connectivity index (χ4v) is 2.78. The summed E-state index contributed by atoms with van der Waals surface area (Å²) in [5.41, 5.74) is 1.52. The van der Waals surface area contributed by atoms with Crippen LogP contribution in [0.15, 0.2) is 67.3 Å². The van der Waals surface area contributed by atoms with Crippen LogP contribution in [0.5, 0.6) is 5.75 Å². The third-order valence-corrected chi connectivity index (χ3v) is 4.10. The summed E-state index contributed by atoms with van der Waals surface area (Å²) >= 11 is 0. The Hall–Kier alpha value is -2.59. The molecule has 0 bridgehead atoms. The van der Waals surface area contributed by atoms with Crippen LogP contribution in [0.3, 0.4) is 0 Å². The molecule has 4 nitrogen and oxygen atoms in total. The second-order valence-corrected chi connectivity index (χ2v) is 5.44. The number of allylic oxidation sites excluding steroid dienone is 1. The average molecular weight is 326 g/mol. The highest BCUT2D eigenvalue weighted by atomic mass is 16.5. The molecule has 0 aromatic heterocycles. The number of esters is 1. The van der Waals surface area contributed by atoms with Gasteiger partial charge >= 0.3 is 5.97 Å². The van der Waals surface area contributed by atoms with Crippen LogP contribution in [0.1, 0.15) is 23.1 Å². The van der Waals surface area contributed by atoms with E-state index < -0.39 is 18.0 Å². The van der Waals surface area contributed by atoms with Gasteiger partial charge in [0.15, 0.2) is 0 Å². The molecule has 4 heteroatoms. The molecule has 0 aliphatic carbocycles. The highest BCUT2D eigenvalue weighted by Gasteiger charge is 2.35. The maximum Gasteiger partial charge on any atom is 0.312 e. The predicted molar refractivity (Wildman–Crippen MR) is 92.8 cm³/mol. The maximum atomic E-state index is 12.4. The number of aliphatic hydroxyl groups is 1. The van der Waals surface area contributed by atoms with E-state index in [1.54, 1.807) is 37.5 Å². The Kier molecular flexibility index (Phi) is 6.15. The zero-order valence-electron chi connectivity index (χ0n) is 13.9. The largest absolute Gasteiger partial charge is 0.497 e. The highest BCUT2D eigenvalue weighted by Crippen LogP contribution is 2.36. The summed E-state index contributed by atoms with van der Waals surface area (Å²) in [6.07, 6.45) is 0.649. The Labute approximate surface area is 142 Å². The van der Waals surface area contributed by atoms with Crippen LogP contribution in [0.25, 0.3) is 0 Å². The molecule has 0 fully saturated rings. The molecule has 0 radical (unpaired) electrons. The number of hydrogen-bond acceptors (Lipinski definition) is 4. The molecule has 0 saturated heterocycles. The quantitative estimate of drug-likeness (QED) is 0.625. The summed E-state index contributed by atoms with van der Waals surface area (Å²) < 4.78 is 10.1. The van der Waals surface area contributed by atoms with Gasteiger partial charge in [-0.05, 0) is 23.3 Å². The normalized spacial score (nSPS) is 14.3. The van der Waals surface area contributed by atoms with Crippen molar-refractivity contribution < 1.29 is 19.4 Å². The minimum Gasteiger partial charge on any atom is -0.497 e. The summed E-state index contributed by atoms with van der Waals surface area (Å²) in [5, 5.41) is 10.8. The number of rotatable bonds is 7. The van der Waals surface area contributed by atoms with Crippen molar-refractivity contribution >= 4 is 5.97 Å². The van der Waals surface area contributed by atoms with Crippen molar-refractivity contribution in [3.8, 4) is 5.75 Å². The van der Waals surface area contributed by atoms with Crippen LogP contribution < -0.4 is 4.74 Å². The Bertz CT molecular complexity index is 664. The van der Waals surface area contributed by atoms with E-state index in [9.17, 15) is 9.90 Å². The van der Waals surface area contributed by atoms with Gasteiger partial charge in [0.25, 0.3) is 0 Å². The highest BCUT2D eigenvalue weighted by molar-refractivity contribution is 5.75. The molecule has 0 spiro atoms. The van der Waals surface area contributed by atoms with Crippen LogP contribution in [-0.4, -0.2) is 25.3 Å². The fourth-order valence-electron chi connectivity index (χ4n) is 2.78. The molecule has 0 amide bonds. The Morgan fingerprint density at radius 3 is 2.17 bits per heavy atom. The van der Waals surface area contributed by atoms with Crippen molar-refractivity contribution in [1.82, 2.24) is 0 Å². The van der Waals surface area contributed by atoms with Crippen molar-refractivity contribution in [3.05, 3.63) is 78.4 Å². The van der Waals surface area contributed by atoms with Gasteiger partial charge in [0.2, 0.25) is 0 Å². The average Bonchev–Trinajstić information content (AvgIpc) is 2.65. The van der Waals surface area contributed by atoms with E-state index in [-0.39, 0.29) is 5.92 Å². The van der Waals surface area contributed by atoms with Crippen LogP contribution in [0.2, 0.25) is 0 Å². The van der Waals surface area contributed by atoms with Crippen molar-refractivity contribution in [2.75, 3.05) is 14.2 Å². The van der Waals surface area contributed by atoms with E-state index in [1.165, 1.54) is 7.11 Å². The number of carbonyl (C=O) groups is 1. The van der Waals surface area contributed by atoms with E-state index in [0.29, 0.717) is 11.3 Å². The lowest BCUT2D eigenvalue weighted by atomic mass is 9.80. The summed E-state index contributed by atoms with van der Waals surface area (Å²) in [5.74, 6) is -0.949. The zero-order valence-corrected chi connectivity index (χ0v) is 13.9. The molecule has 0 aliphatic heterocycles. The number of benzene rings is 2. The lowest BCUT2D eigenvalue weighted by molar-refractivity contribution is -0.150. The van der Waals surface area contributed by atoms with Crippen LogP contribution >= 0.6 is 0 Å². The van der Waals surface area contributed by atoms with Gasteiger partial charge in [-0.2, -0.15) is 0 Å². The smallest absolute Gasteiger partial charge is 0.312 e. The number of aliphatic hydroxyl groups excluding tert-OH is 1. The molecule has 0 aliphatic rings. The standard InChI is InChI=1S/C20H22O4/c1-4-17(14-8-6-5-7-9-14)18(20(22)24-3)19(21)15-10-12-16(23-2)13-11-15/h4-13,17-19,21H,1H2,2-3H3/t17?,18?,19-/m1/s1. The lowest BCUT2D eigenvalue weighted by Crippen LogP contribution is -2.29. The van der Waals surface area contributed by atoms with Crippen LogP contribution in [0, 0.1) is 5.92 Å². The van der Waals surface area contributed by atoms with Crippen LogP contribution in [-0.2, 0) is 9.53 Å². The molecule has 2 aromatic rings. The van der Waals surface area contributed by atoms with Gasteiger partial charge in [-0.1, -0.05) is 48.5 Å². The molecule has 126 valence electrons. The maximum absolute atomic E-state index is 12.4. The van der Waals surface area contributed by atoms with Crippen LogP contribution in [0.4, 0.5) is 0 Å². The Morgan fingerprint density at radius 2 is 1.67 bits per heavy atom. The molecule has 3 atom stereocenters. The molecule has 2 aromatic carbocycles. The summed E-state index contributed by atoms with van der Waals surface area (Å²) in [7, 11) is 2.90. The van der Waals surface area contributed by atoms with E-state index in [2.05, 4.69) is 6.58 Å². The number of methoxy groups -OCH3 is 2. The molecule has 0 saturated carbocycles. The molecule has 1 N–H and O–H groups in total. The minimum atomic E-state index is -1.02. The number of carbonyl (C=O) groups excluding carboxylic acids is 1.